The first-order valence-electron chi connectivity index (χ1n) is 8.80. The first-order chi connectivity index (χ1) is 11.2. The Morgan fingerprint density at radius 2 is 1.57 bits per heavy atom. The number of ether oxygens (including phenoxy) is 1. The molecule has 4 heteroatoms. The van der Waals surface area contributed by atoms with Gasteiger partial charge in [0.1, 0.15) is 5.78 Å². The molecule has 4 nitrogen and oxygen atoms in total. The molecule has 1 aromatic rings. The van der Waals surface area contributed by atoms with Crippen LogP contribution in [0.15, 0.2) is 30.3 Å². The maximum absolute atomic E-state index is 12.4. The summed E-state index contributed by atoms with van der Waals surface area (Å²) in [6, 6.07) is 10.3. The predicted octanol–water partition coefficient (Wildman–Crippen LogP) is 1.94. The van der Waals surface area contributed by atoms with E-state index < -0.39 is 0 Å². The van der Waals surface area contributed by atoms with Crippen molar-refractivity contribution in [3.63, 3.8) is 0 Å². The highest BCUT2D eigenvalue weighted by Crippen LogP contribution is 2.36. The van der Waals surface area contributed by atoms with E-state index in [0.29, 0.717) is 5.78 Å². The summed E-state index contributed by atoms with van der Waals surface area (Å²) in [4.78, 5) is 17.4. The first-order valence-corrected chi connectivity index (χ1v) is 8.80. The van der Waals surface area contributed by atoms with Gasteiger partial charge in [0.15, 0.2) is 0 Å². The molecular weight excluding hydrogens is 288 g/mol. The lowest BCUT2D eigenvalue weighted by molar-refractivity contribution is -0.124. The largest absolute Gasteiger partial charge is 0.379 e. The standard InChI is InChI=1S/C19H28N2O2/c1-17(22)19(18-5-3-2-4-6-18)7-9-20(10-8-19)11-12-21-13-15-23-16-14-21/h2-6H,7-16H2,1H3. The zero-order valence-corrected chi connectivity index (χ0v) is 14.2. The van der Waals surface area contributed by atoms with Gasteiger partial charge in [0, 0.05) is 26.2 Å². The highest BCUT2D eigenvalue weighted by Gasteiger charge is 2.40. The molecule has 0 N–H and O–H groups in total. The second-order valence-corrected chi connectivity index (χ2v) is 6.80. The molecule has 2 saturated heterocycles. The molecule has 2 aliphatic heterocycles. The van der Waals surface area contributed by atoms with Crippen LogP contribution in [0.5, 0.6) is 0 Å². The van der Waals surface area contributed by atoms with Crippen LogP contribution in [-0.2, 0) is 14.9 Å². The molecule has 0 spiro atoms. The van der Waals surface area contributed by atoms with E-state index in [1.165, 1.54) is 5.56 Å². The molecule has 0 unspecified atom stereocenters. The van der Waals surface area contributed by atoms with Gasteiger partial charge in [-0.3, -0.25) is 9.69 Å². The number of hydrogen-bond acceptors (Lipinski definition) is 4. The Kier molecular flexibility index (Phi) is 5.46. The smallest absolute Gasteiger partial charge is 0.140 e. The number of piperidine rings is 1. The normalized spacial score (nSPS) is 22.8. The number of hydrogen-bond donors (Lipinski definition) is 0. The van der Waals surface area contributed by atoms with Crippen molar-refractivity contribution in [2.45, 2.75) is 25.2 Å². The fraction of sp³-hybridized carbons (Fsp3) is 0.632. The Hall–Kier alpha value is -1.23. The molecule has 2 aliphatic rings. The van der Waals surface area contributed by atoms with Gasteiger partial charge in [-0.25, -0.2) is 0 Å². The van der Waals surface area contributed by atoms with E-state index in [9.17, 15) is 4.79 Å². The number of carbonyl (C=O) groups excluding carboxylic acids is 1. The molecule has 126 valence electrons. The van der Waals surface area contributed by atoms with Crippen molar-refractivity contribution in [3.8, 4) is 0 Å². The Morgan fingerprint density at radius 3 is 2.13 bits per heavy atom. The number of ketones is 1. The lowest BCUT2D eigenvalue weighted by Crippen LogP contribution is -2.49. The monoisotopic (exact) mass is 316 g/mol. The predicted molar refractivity (Wildman–Crippen MR) is 91.7 cm³/mol. The van der Waals surface area contributed by atoms with Crippen molar-refractivity contribution in [1.29, 1.82) is 0 Å². The third-order valence-electron chi connectivity index (χ3n) is 5.55. The summed E-state index contributed by atoms with van der Waals surface area (Å²) >= 11 is 0. The summed E-state index contributed by atoms with van der Waals surface area (Å²) in [7, 11) is 0. The molecule has 1 aromatic carbocycles. The molecule has 0 radical (unpaired) electrons. The van der Waals surface area contributed by atoms with Gasteiger partial charge in [-0.15, -0.1) is 0 Å². The highest BCUT2D eigenvalue weighted by atomic mass is 16.5. The number of nitrogens with zero attached hydrogens (tertiary/aromatic N) is 2. The van der Waals surface area contributed by atoms with Gasteiger partial charge >= 0.3 is 0 Å². The molecule has 2 heterocycles. The lowest BCUT2D eigenvalue weighted by Gasteiger charge is -2.41. The number of benzene rings is 1. The molecule has 0 amide bonds. The van der Waals surface area contributed by atoms with Gasteiger partial charge < -0.3 is 9.64 Å². The van der Waals surface area contributed by atoms with Crippen molar-refractivity contribution in [3.05, 3.63) is 35.9 Å². The molecule has 23 heavy (non-hydrogen) atoms. The van der Waals surface area contributed by atoms with Crippen LogP contribution in [-0.4, -0.2) is 68.1 Å². The number of morpholine rings is 1. The van der Waals surface area contributed by atoms with E-state index in [2.05, 4.69) is 21.9 Å². The van der Waals surface area contributed by atoms with Crippen molar-refractivity contribution in [1.82, 2.24) is 9.80 Å². The third kappa shape index (κ3) is 3.82. The Balaban J connectivity index is 1.56. The van der Waals surface area contributed by atoms with Crippen LogP contribution in [0.25, 0.3) is 0 Å². The summed E-state index contributed by atoms with van der Waals surface area (Å²) in [5.41, 5.74) is 0.928. The van der Waals surface area contributed by atoms with Crippen LogP contribution in [0.3, 0.4) is 0 Å². The van der Waals surface area contributed by atoms with E-state index in [-0.39, 0.29) is 5.41 Å². The van der Waals surface area contributed by atoms with Gasteiger partial charge in [0.25, 0.3) is 0 Å². The SMILES string of the molecule is CC(=O)C1(c2ccccc2)CCN(CCN2CCOCC2)CC1. The second-order valence-electron chi connectivity index (χ2n) is 6.80. The van der Waals surface area contributed by atoms with E-state index >= 15 is 0 Å². The Morgan fingerprint density at radius 1 is 1.00 bits per heavy atom. The molecule has 0 atom stereocenters. The van der Waals surface area contributed by atoms with E-state index in [1.54, 1.807) is 6.92 Å². The first kappa shape index (κ1) is 16.6. The second kappa shape index (κ2) is 7.56. The van der Waals surface area contributed by atoms with E-state index in [0.717, 1.165) is 65.3 Å². The fourth-order valence-electron chi connectivity index (χ4n) is 3.87. The molecule has 3 rings (SSSR count). The Bertz CT molecular complexity index is 503. The molecule has 2 fully saturated rings. The topological polar surface area (TPSA) is 32.8 Å². The maximum Gasteiger partial charge on any atom is 0.140 e. The summed E-state index contributed by atoms with van der Waals surface area (Å²) in [6.07, 6.45) is 1.88. The lowest BCUT2D eigenvalue weighted by atomic mass is 9.70. The van der Waals surface area contributed by atoms with Gasteiger partial charge in [-0.1, -0.05) is 30.3 Å². The third-order valence-corrected chi connectivity index (χ3v) is 5.55. The van der Waals surface area contributed by atoms with Crippen LogP contribution < -0.4 is 0 Å². The van der Waals surface area contributed by atoms with Crippen LogP contribution in [0.1, 0.15) is 25.3 Å². The Labute approximate surface area is 139 Å². The highest BCUT2D eigenvalue weighted by molar-refractivity contribution is 5.88. The number of rotatable bonds is 5. The average Bonchev–Trinajstić information content (AvgIpc) is 2.62. The van der Waals surface area contributed by atoms with Gasteiger partial charge in [-0.05, 0) is 38.4 Å². The van der Waals surface area contributed by atoms with Crippen LogP contribution in [0.4, 0.5) is 0 Å². The summed E-state index contributed by atoms with van der Waals surface area (Å²) in [5, 5.41) is 0. The number of carbonyl (C=O) groups is 1. The van der Waals surface area contributed by atoms with Crippen molar-refractivity contribution in [2.75, 3.05) is 52.5 Å². The van der Waals surface area contributed by atoms with Gasteiger partial charge in [0.2, 0.25) is 0 Å². The summed E-state index contributed by atoms with van der Waals surface area (Å²) in [5.74, 6) is 0.316. The number of Topliss-reactive ketones (excluding diaryl/α,β-unsaturated/α-hetero) is 1. The summed E-state index contributed by atoms with van der Waals surface area (Å²) < 4.78 is 5.40. The quantitative estimate of drug-likeness (QED) is 0.831. The maximum atomic E-state index is 12.4. The molecule has 0 aliphatic carbocycles. The minimum absolute atomic E-state index is 0.267. The van der Waals surface area contributed by atoms with Crippen molar-refractivity contribution < 1.29 is 9.53 Å². The number of likely N-dealkylation sites (tertiary alicyclic amines) is 1. The van der Waals surface area contributed by atoms with Crippen LogP contribution >= 0.6 is 0 Å². The fourth-order valence-corrected chi connectivity index (χ4v) is 3.87. The van der Waals surface area contributed by atoms with Crippen molar-refractivity contribution >= 4 is 5.78 Å². The van der Waals surface area contributed by atoms with Crippen LogP contribution in [0, 0.1) is 0 Å². The molecular formula is C19H28N2O2. The average molecular weight is 316 g/mol. The molecule has 0 saturated carbocycles. The van der Waals surface area contributed by atoms with E-state index in [1.807, 2.05) is 18.2 Å². The molecule has 0 aromatic heterocycles. The minimum Gasteiger partial charge on any atom is -0.379 e. The van der Waals surface area contributed by atoms with Gasteiger partial charge in [0.05, 0.1) is 18.6 Å². The van der Waals surface area contributed by atoms with Crippen molar-refractivity contribution in [2.24, 2.45) is 0 Å². The minimum atomic E-state index is -0.267. The zero-order valence-electron chi connectivity index (χ0n) is 14.2. The zero-order chi connectivity index (χ0) is 16.1. The van der Waals surface area contributed by atoms with Crippen LogP contribution in [0.2, 0.25) is 0 Å². The molecule has 0 bridgehead atoms. The van der Waals surface area contributed by atoms with Gasteiger partial charge in [-0.2, -0.15) is 0 Å². The van der Waals surface area contributed by atoms with E-state index in [4.69, 9.17) is 4.74 Å². The summed E-state index contributed by atoms with van der Waals surface area (Å²) in [6.45, 7) is 9.83.